The minimum atomic E-state index is -0.415. The Morgan fingerprint density at radius 3 is 2.89 bits per heavy atom. The first-order valence-electron chi connectivity index (χ1n) is 5.75. The standard InChI is InChI=1S/C14H12N2O2/c1-9-6-11(14(18)15-9)12-8-16-5-3-2-4-10(16)7-13(12)17/h2-5,7-8,11H,1,6H2,(H,15,18). The SMILES string of the molecule is C=C1CC(c2cn3ccccc3cc2=O)C(=O)N1. The number of carbonyl (C=O) groups excluding carboxylic acids is 1. The van der Waals surface area contributed by atoms with E-state index < -0.39 is 5.92 Å². The van der Waals surface area contributed by atoms with Crippen molar-refractivity contribution in [3.63, 3.8) is 0 Å². The van der Waals surface area contributed by atoms with Crippen molar-refractivity contribution in [2.24, 2.45) is 0 Å². The van der Waals surface area contributed by atoms with E-state index >= 15 is 0 Å². The molecular weight excluding hydrogens is 228 g/mol. The smallest absolute Gasteiger partial charge is 0.232 e. The summed E-state index contributed by atoms with van der Waals surface area (Å²) in [6.45, 7) is 3.73. The zero-order chi connectivity index (χ0) is 12.7. The first-order valence-corrected chi connectivity index (χ1v) is 5.75. The highest BCUT2D eigenvalue weighted by atomic mass is 16.2. The van der Waals surface area contributed by atoms with E-state index in [0.29, 0.717) is 17.7 Å². The summed E-state index contributed by atoms with van der Waals surface area (Å²) in [4.78, 5) is 23.8. The highest BCUT2D eigenvalue weighted by molar-refractivity contribution is 5.88. The molecule has 1 saturated heterocycles. The second-order valence-corrected chi connectivity index (χ2v) is 4.48. The summed E-state index contributed by atoms with van der Waals surface area (Å²) in [5.41, 5.74) is 1.91. The van der Waals surface area contributed by atoms with Crippen LogP contribution >= 0.6 is 0 Å². The quantitative estimate of drug-likeness (QED) is 0.819. The van der Waals surface area contributed by atoms with E-state index in [1.807, 2.05) is 28.8 Å². The van der Waals surface area contributed by atoms with E-state index in [9.17, 15) is 9.59 Å². The predicted molar refractivity (Wildman–Crippen MR) is 68.3 cm³/mol. The maximum absolute atomic E-state index is 12.0. The Morgan fingerprint density at radius 1 is 1.33 bits per heavy atom. The van der Waals surface area contributed by atoms with Crippen LogP contribution in [0.25, 0.3) is 5.52 Å². The molecule has 2 aromatic heterocycles. The van der Waals surface area contributed by atoms with Crippen LogP contribution in [0.4, 0.5) is 0 Å². The molecule has 2 aromatic rings. The van der Waals surface area contributed by atoms with Crippen LogP contribution in [0.15, 0.2) is 53.7 Å². The van der Waals surface area contributed by atoms with Gasteiger partial charge in [-0.15, -0.1) is 0 Å². The Labute approximate surface area is 104 Å². The Kier molecular flexibility index (Phi) is 2.30. The summed E-state index contributed by atoms with van der Waals surface area (Å²) in [7, 11) is 0. The molecule has 4 heteroatoms. The van der Waals surface area contributed by atoms with Crippen molar-refractivity contribution in [3.8, 4) is 0 Å². The van der Waals surface area contributed by atoms with E-state index in [4.69, 9.17) is 0 Å². The van der Waals surface area contributed by atoms with Gasteiger partial charge < -0.3 is 9.72 Å². The lowest BCUT2D eigenvalue weighted by molar-refractivity contribution is -0.120. The molecule has 3 heterocycles. The van der Waals surface area contributed by atoms with Gasteiger partial charge in [0.1, 0.15) is 0 Å². The van der Waals surface area contributed by atoms with Gasteiger partial charge in [0, 0.05) is 41.7 Å². The van der Waals surface area contributed by atoms with Gasteiger partial charge in [-0.1, -0.05) is 12.6 Å². The molecule has 0 saturated carbocycles. The number of hydrogen-bond acceptors (Lipinski definition) is 2. The van der Waals surface area contributed by atoms with Crippen LogP contribution < -0.4 is 10.7 Å². The van der Waals surface area contributed by atoms with E-state index in [2.05, 4.69) is 11.9 Å². The van der Waals surface area contributed by atoms with Gasteiger partial charge in [-0.2, -0.15) is 0 Å². The number of pyridine rings is 2. The maximum Gasteiger partial charge on any atom is 0.232 e. The molecule has 1 aliphatic heterocycles. The zero-order valence-corrected chi connectivity index (χ0v) is 9.72. The van der Waals surface area contributed by atoms with Crippen LogP contribution in [0.1, 0.15) is 17.9 Å². The molecule has 1 N–H and O–H groups in total. The Balaban J connectivity index is 2.18. The van der Waals surface area contributed by atoms with Gasteiger partial charge >= 0.3 is 0 Å². The topological polar surface area (TPSA) is 50.6 Å². The molecule has 4 nitrogen and oxygen atoms in total. The molecule has 1 aliphatic rings. The second-order valence-electron chi connectivity index (χ2n) is 4.48. The first kappa shape index (κ1) is 10.8. The van der Waals surface area contributed by atoms with Crippen molar-refractivity contribution in [1.82, 2.24) is 9.72 Å². The number of fused-ring (bicyclic) bond motifs is 1. The van der Waals surface area contributed by atoms with Gasteiger partial charge in [0.25, 0.3) is 0 Å². The van der Waals surface area contributed by atoms with Crippen LogP contribution in [0.3, 0.4) is 0 Å². The number of rotatable bonds is 1. The predicted octanol–water partition coefficient (Wildman–Crippen LogP) is 1.42. The van der Waals surface area contributed by atoms with Gasteiger partial charge in [0.2, 0.25) is 5.91 Å². The van der Waals surface area contributed by atoms with Gasteiger partial charge in [-0.3, -0.25) is 9.59 Å². The zero-order valence-electron chi connectivity index (χ0n) is 9.72. The van der Waals surface area contributed by atoms with Gasteiger partial charge in [-0.25, -0.2) is 0 Å². The van der Waals surface area contributed by atoms with Gasteiger partial charge in [0.05, 0.1) is 5.92 Å². The summed E-state index contributed by atoms with van der Waals surface area (Å²) in [5.74, 6) is -0.560. The molecule has 1 fully saturated rings. The number of nitrogens with zero attached hydrogens (tertiary/aromatic N) is 1. The summed E-state index contributed by atoms with van der Waals surface area (Å²) in [6, 6.07) is 7.18. The summed E-state index contributed by atoms with van der Waals surface area (Å²) >= 11 is 0. The fourth-order valence-corrected chi connectivity index (χ4v) is 2.30. The molecule has 0 spiro atoms. The molecule has 0 bridgehead atoms. The number of aromatic nitrogens is 1. The average molecular weight is 240 g/mol. The number of allylic oxidation sites excluding steroid dienone is 1. The average Bonchev–Trinajstić information content (AvgIpc) is 2.67. The van der Waals surface area contributed by atoms with Gasteiger partial charge in [0.15, 0.2) is 5.43 Å². The minimum absolute atomic E-state index is 0.101. The van der Waals surface area contributed by atoms with Crippen molar-refractivity contribution in [3.05, 3.63) is 64.7 Å². The molecule has 0 radical (unpaired) electrons. The van der Waals surface area contributed by atoms with Crippen LogP contribution in [-0.2, 0) is 4.79 Å². The van der Waals surface area contributed by atoms with Crippen molar-refractivity contribution in [2.45, 2.75) is 12.3 Å². The molecule has 1 amide bonds. The third kappa shape index (κ3) is 1.62. The lowest BCUT2D eigenvalue weighted by Gasteiger charge is -2.08. The maximum atomic E-state index is 12.0. The molecule has 1 unspecified atom stereocenters. The number of nitrogens with one attached hydrogen (secondary N) is 1. The normalized spacial score (nSPS) is 19.2. The molecular formula is C14H12N2O2. The molecule has 18 heavy (non-hydrogen) atoms. The molecule has 0 aromatic carbocycles. The fourth-order valence-electron chi connectivity index (χ4n) is 2.30. The lowest BCUT2D eigenvalue weighted by atomic mass is 9.98. The summed E-state index contributed by atoms with van der Waals surface area (Å²) in [5, 5.41) is 2.66. The lowest BCUT2D eigenvalue weighted by Crippen LogP contribution is -2.22. The number of carbonyl (C=O) groups is 1. The first-order chi connectivity index (χ1) is 8.65. The Hall–Kier alpha value is -2.36. The Morgan fingerprint density at radius 2 is 2.17 bits per heavy atom. The van der Waals surface area contributed by atoms with Crippen LogP contribution in [0.2, 0.25) is 0 Å². The molecule has 0 aliphatic carbocycles. The van der Waals surface area contributed by atoms with Crippen molar-refractivity contribution in [2.75, 3.05) is 0 Å². The molecule has 1 atom stereocenters. The van der Waals surface area contributed by atoms with Crippen molar-refractivity contribution < 1.29 is 4.79 Å². The Bertz CT molecular complexity index is 715. The van der Waals surface area contributed by atoms with E-state index in [1.54, 1.807) is 12.3 Å². The largest absolute Gasteiger partial charge is 0.330 e. The van der Waals surface area contributed by atoms with E-state index in [-0.39, 0.29) is 11.3 Å². The highest BCUT2D eigenvalue weighted by Crippen LogP contribution is 2.25. The molecule has 90 valence electrons. The van der Waals surface area contributed by atoms with Crippen molar-refractivity contribution >= 4 is 11.4 Å². The van der Waals surface area contributed by atoms with Gasteiger partial charge in [-0.05, 0) is 12.1 Å². The number of amides is 1. The minimum Gasteiger partial charge on any atom is -0.330 e. The monoisotopic (exact) mass is 240 g/mol. The summed E-state index contributed by atoms with van der Waals surface area (Å²) < 4.78 is 1.85. The third-order valence-corrected chi connectivity index (χ3v) is 3.21. The third-order valence-electron chi connectivity index (χ3n) is 3.21. The van der Waals surface area contributed by atoms with Crippen LogP contribution in [-0.4, -0.2) is 10.3 Å². The second kappa shape index (κ2) is 3.84. The molecule has 3 rings (SSSR count). The van der Waals surface area contributed by atoms with E-state index in [0.717, 1.165) is 5.52 Å². The van der Waals surface area contributed by atoms with Crippen molar-refractivity contribution in [1.29, 1.82) is 0 Å². The van der Waals surface area contributed by atoms with Crippen LogP contribution in [0, 0.1) is 0 Å². The highest BCUT2D eigenvalue weighted by Gasteiger charge is 2.30. The van der Waals surface area contributed by atoms with Crippen LogP contribution in [0.5, 0.6) is 0 Å². The fraction of sp³-hybridized carbons (Fsp3) is 0.143. The number of hydrogen-bond donors (Lipinski definition) is 1. The summed E-state index contributed by atoms with van der Waals surface area (Å²) in [6.07, 6.45) is 4.09. The van der Waals surface area contributed by atoms with E-state index in [1.165, 1.54) is 0 Å².